The van der Waals surface area contributed by atoms with E-state index in [1.54, 1.807) is 19.1 Å². The Labute approximate surface area is 106 Å². The number of hydrogen-bond donors (Lipinski definition) is 1. The molecular formula is C11H18N2O3S. The first-order valence-corrected chi connectivity index (χ1v) is 6.11. The smallest absolute Gasteiger partial charge is 0.235 e. The van der Waals surface area contributed by atoms with Gasteiger partial charge >= 0.3 is 0 Å². The SMILES string of the molecule is COC1CN(C(=O)C2(C(N)=S)CC2)CC1OC. The number of rotatable bonds is 4. The van der Waals surface area contributed by atoms with Gasteiger partial charge in [0.1, 0.15) is 12.2 Å². The number of carbonyl (C=O) groups excluding carboxylic acids is 1. The van der Waals surface area contributed by atoms with E-state index in [1.165, 1.54) is 0 Å². The van der Waals surface area contributed by atoms with E-state index in [4.69, 9.17) is 27.4 Å². The summed E-state index contributed by atoms with van der Waals surface area (Å²) in [7, 11) is 3.26. The van der Waals surface area contributed by atoms with Crippen molar-refractivity contribution in [2.75, 3.05) is 27.3 Å². The second-order valence-electron chi connectivity index (χ2n) is 4.70. The van der Waals surface area contributed by atoms with E-state index in [9.17, 15) is 4.79 Å². The summed E-state index contributed by atoms with van der Waals surface area (Å²) in [6, 6.07) is 0. The van der Waals surface area contributed by atoms with Gasteiger partial charge in [-0.3, -0.25) is 4.79 Å². The molecule has 2 N–H and O–H groups in total. The summed E-state index contributed by atoms with van der Waals surface area (Å²) in [6.07, 6.45) is 1.41. The third kappa shape index (κ3) is 2.05. The second kappa shape index (κ2) is 4.51. The van der Waals surface area contributed by atoms with Gasteiger partial charge in [0.2, 0.25) is 5.91 Å². The lowest BCUT2D eigenvalue weighted by molar-refractivity contribution is -0.134. The fourth-order valence-corrected chi connectivity index (χ4v) is 2.65. The maximum absolute atomic E-state index is 12.3. The maximum Gasteiger partial charge on any atom is 0.235 e. The van der Waals surface area contributed by atoms with Gasteiger partial charge in [0.15, 0.2) is 0 Å². The Bertz CT molecular complexity index is 332. The average Bonchev–Trinajstić information content (AvgIpc) is 3.02. The molecule has 6 heteroatoms. The Hall–Kier alpha value is -0.720. The zero-order valence-corrected chi connectivity index (χ0v) is 11.0. The molecule has 0 bridgehead atoms. The van der Waals surface area contributed by atoms with Gasteiger partial charge in [0.25, 0.3) is 0 Å². The lowest BCUT2D eigenvalue weighted by Gasteiger charge is -2.21. The standard InChI is InChI=1S/C11H18N2O3S/c1-15-7-5-13(6-8(7)16-2)10(14)11(3-4-11)9(12)17/h7-8H,3-6H2,1-2H3,(H2,12,17). The first-order valence-electron chi connectivity index (χ1n) is 5.70. The van der Waals surface area contributed by atoms with Gasteiger partial charge in [-0.2, -0.15) is 0 Å². The molecular weight excluding hydrogens is 240 g/mol. The summed E-state index contributed by atoms with van der Waals surface area (Å²) in [4.78, 5) is 14.4. The highest BCUT2D eigenvalue weighted by Gasteiger charge is 2.56. The highest BCUT2D eigenvalue weighted by Crippen LogP contribution is 2.48. The molecule has 2 aliphatic rings. The van der Waals surface area contributed by atoms with Crippen LogP contribution in [0.4, 0.5) is 0 Å². The highest BCUT2D eigenvalue weighted by molar-refractivity contribution is 7.80. The minimum Gasteiger partial charge on any atom is -0.392 e. The third-order valence-corrected chi connectivity index (χ3v) is 4.13. The molecule has 2 unspecified atom stereocenters. The van der Waals surface area contributed by atoms with E-state index < -0.39 is 5.41 Å². The molecule has 2 atom stereocenters. The van der Waals surface area contributed by atoms with E-state index in [0.29, 0.717) is 18.1 Å². The lowest BCUT2D eigenvalue weighted by atomic mass is 10.1. The number of hydrogen-bond acceptors (Lipinski definition) is 4. The van der Waals surface area contributed by atoms with E-state index in [0.717, 1.165) is 12.8 Å². The van der Waals surface area contributed by atoms with Crippen LogP contribution in [0.5, 0.6) is 0 Å². The zero-order chi connectivity index (χ0) is 12.6. The molecule has 1 saturated heterocycles. The predicted octanol–water partition coefficient (Wildman–Crippen LogP) is -0.0751. The third-order valence-electron chi connectivity index (χ3n) is 3.74. The van der Waals surface area contributed by atoms with Crippen LogP contribution < -0.4 is 5.73 Å². The normalized spacial score (nSPS) is 30.4. The first kappa shape index (κ1) is 12.7. The fraction of sp³-hybridized carbons (Fsp3) is 0.818. The summed E-state index contributed by atoms with van der Waals surface area (Å²) in [5, 5.41) is 0. The molecule has 96 valence electrons. The first-order chi connectivity index (χ1) is 8.05. The van der Waals surface area contributed by atoms with Gasteiger partial charge in [-0.15, -0.1) is 0 Å². The van der Waals surface area contributed by atoms with Crippen molar-refractivity contribution in [3.8, 4) is 0 Å². The average molecular weight is 258 g/mol. The van der Waals surface area contributed by atoms with Gasteiger partial charge in [0, 0.05) is 27.3 Å². The van der Waals surface area contributed by atoms with Crippen molar-refractivity contribution in [1.29, 1.82) is 0 Å². The molecule has 0 aromatic carbocycles. The van der Waals surface area contributed by atoms with Crippen molar-refractivity contribution >= 4 is 23.1 Å². The van der Waals surface area contributed by atoms with Gasteiger partial charge in [-0.25, -0.2) is 0 Å². The number of likely N-dealkylation sites (tertiary alicyclic amines) is 1. The molecule has 1 saturated carbocycles. The summed E-state index contributed by atoms with van der Waals surface area (Å²) in [5.41, 5.74) is 5.08. The minimum atomic E-state index is -0.573. The van der Waals surface area contributed by atoms with Crippen molar-refractivity contribution < 1.29 is 14.3 Å². The number of thiocarbonyl (C=S) groups is 1. The summed E-state index contributed by atoms with van der Waals surface area (Å²) in [6.45, 7) is 1.11. The van der Waals surface area contributed by atoms with Crippen LogP contribution in [0.1, 0.15) is 12.8 Å². The van der Waals surface area contributed by atoms with Crippen LogP contribution in [-0.2, 0) is 14.3 Å². The van der Waals surface area contributed by atoms with Crippen LogP contribution in [0, 0.1) is 5.41 Å². The molecule has 2 rings (SSSR count). The summed E-state index contributed by atoms with van der Waals surface area (Å²) >= 11 is 4.99. The second-order valence-corrected chi connectivity index (χ2v) is 5.14. The molecule has 5 nitrogen and oxygen atoms in total. The number of ether oxygens (including phenoxy) is 2. The maximum atomic E-state index is 12.3. The molecule has 17 heavy (non-hydrogen) atoms. The molecule has 1 aliphatic carbocycles. The molecule has 1 amide bonds. The van der Waals surface area contributed by atoms with E-state index in [1.807, 2.05) is 0 Å². The zero-order valence-electron chi connectivity index (χ0n) is 10.1. The molecule has 1 aliphatic heterocycles. The Balaban J connectivity index is 2.05. The molecule has 1 heterocycles. The fourth-order valence-electron chi connectivity index (χ4n) is 2.36. The Morgan fingerprint density at radius 2 is 1.76 bits per heavy atom. The number of methoxy groups -OCH3 is 2. The quantitative estimate of drug-likeness (QED) is 0.715. The van der Waals surface area contributed by atoms with Crippen LogP contribution in [0.3, 0.4) is 0 Å². The highest BCUT2D eigenvalue weighted by atomic mass is 32.1. The number of amides is 1. The van der Waals surface area contributed by atoms with E-state index in [2.05, 4.69) is 0 Å². The molecule has 0 aromatic heterocycles. The van der Waals surface area contributed by atoms with Crippen molar-refractivity contribution in [3.63, 3.8) is 0 Å². The molecule has 0 aromatic rings. The van der Waals surface area contributed by atoms with Gasteiger partial charge in [-0.05, 0) is 12.8 Å². The predicted molar refractivity (Wildman–Crippen MR) is 66.6 cm³/mol. The lowest BCUT2D eigenvalue weighted by Crippen LogP contribution is -2.42. The Kier molecular flexibility index (Phi) is 3.38. The largest absolute Gasteiger partial charge is 0.392 e. The molecule has 0 radical (unpaired) electrons. The van der Waals surface area contributed by atoms with Crippen LogP contribution in [0.2, 0.25) is 0 Å². The Morgan fingerprint density at radius 1 is 1.29 bits per heavy atom. The van der Waals surface area contributed by atoms with Crippen molar-refractivity contribution in [2.24, 2.45) is 11.1 Å². The van der Waals surface area contributed by atoms with E-state index in [-0.39, 0.29) is 18.1 Å². The van der Waals surface area contributed by atoms with Crippen molar-refractivity contribution in [2.45, 2.75) is 25.0 Å². The van der Waals surface area contributed by atoms with Gasteiger partial charge in [-0.1, -0.05) is 12.2 Å². The van der Waals surface area contributed by atoms with Crippen LogP contribution in [0.25, 0.3) is 0 Å². The summed E-state index contributed by atoms with van der Waals surface area (Å²) < 4.78 is 10.6. The van der Waals surface area contributed by atoms with Crippen molar-refractivity contribution in [3.05, 3.63) is 0 Å². The van der Waals surface area contributed by atoms with Gasteiger partial charge < -0.3 is 20.1 Å². The van der Waals surface area contributed by atoms with Crippen LogP contribution >= 0.6 is 12.2 Å². The van der Waals surface area contributed by atoms with Crippen molar-refractivity contribution in [1.82, 2.24) is 4.90 Å². The van der Waals surface area contributed by atoms with Crippen LogP contribution in [0.15, 0.2) is 0 Å². The minimum absolute atomic E-state index is 0.0339. The number of carbonyl (C=O) groups is 1. The summed E-state index contributed by atoms with van der Waals surface area (Å²) in [5.74, 6) is 0.0339. The number of nitrogens with zero attached hydrogens (tertiary/aromatic N) is 1. The monoisotopic (exact) mass is 258 g/mol. The molecule has 2 fully saturated rings. The van der Waals surface area contributed by atoms with Gasteiger partial charge in [0.05, 0.1) is 10.4 Å². The topological polar surface area (TPSA) is 64.8 Å². The molecule has 0 spiro atoms. The van der Waals surface area contributed by atoms with Crippen LogP contribution in [-0.4, -0.2) is 55.3 Å². The van der Waals surface area contributed by atoms with E-state index >= 15 is 0 Å². The number of nitrogens with two attached hydrogens (primary N) is 1. The Morgan fingerprint density at radius 3 is 2.06 bits per heavy atom.